The Hall–Kier alpha value is -1.21. The van der Waals surface area contributed by atoms with Crippen LogP contribution in [0, 0.1) is 0 Å². The SMILES string of the molecule is C=C(C)c1ccc(CSC2=CCCC=C2)cc1. The van der Waals surface area contributed by atoms with Crippen molar-refractivity contribution in [3.63, 3.8) is 0 Å². The van der Waals surface area contributed by atoms with Crippen LogP contribution in [0.5, 0.6) is 0 Å². The van der Waals surface area contributed by atoms with Gasteiger partial charge in [0.2, 0.25) is 0 Å². The summed E-state index contributed by atoms with van der Waals surface area (Å²) in [6, 6.07) is 8.71. The molecule has 88 valence electrons. The fraction of sp³-hybridized carbons (Fsp3) is 0.250. The highest BCUT2D eigenvalue weighted by Gasteiger charge is 2.00. The van der Waals surface area contributed by atoms with Crippen LogP contribution < -0.4 is 0 Å². The standard InChI is InChI=1S/C16H18S/c1-13(2)15-10-8-14(9-11-15)12-17-16-6-4-3-5-7-16/h4,6-11H,1,3,5,12H2,2H3. The molecule has 0 nitrogen and oxygen atoms in total. The van der Waals surface area contributed by atoms with Crippen LogP contribution in [-0.2, 0) is 5.75 Å². The van der Waals surface area contributed by atoms with Crippen LogP contribution in [0.3, 0.4) is 0 Å². The van der Waals surface area contributed by atoms with Gasteiger partial charge in [0.05, 0.1) is 0 Å². The van der Waals surface area contributed by atoms with Crippen molar-refractivity contribution in [3.8, 4) is 0 Å². The van der Waals surface area contributed by atoms with E-state index in [9.17, 15) is 0 Å². The highest BCUT2D eigenvalue weighted by molar-refractivity contribution is 8.02. The predicted molar refractivity (Wildman–Crippen MR) is 78.9 cm³/mol. The van der Waals surface area contributed by atoms with E-state index >= 15 is 0 Å². The van der Waals surface area contributed by atoms with Crippen LogP contribution >= 0.6 is 11.8 Å². The molecule has 0 bridgehead atoms. The van der Waals surface area contributed by atoms with Gasteiger partial charge in [-0.2, -0.15) is 0 Å². The molecule has 0 aromatic heterocycles. The van der Waals surface area contributed by atoms with Crippen LogP contribution in [0.2, 0.25) is 0 Å². The molecule has 1 aromatic carbocycles. The van der Waals surface area contributed by atoms with Crippen LogP contribution in [0.25, 0.3) is 5.57 Å². The average molecular weight is 242 g/mol. The minimum Gasteiger partial charge on any atom is -0.122 e. The molecule has 0 aliphatic heterocycles. The lowest BCUT2D eigenvalue weighted by Gasteiger charge is -2.07. The van der Waals surface area contributed by atoms with E-state index in [4.69, 9.17) is 0 Å². The molecule has 0 saturated heterocycles. The molecule has 0 saturated carbocycles. The molecule has 0 N–H and O–H groups in total. The van der Waals surface area contributed by atoms with Gasteiger partial charge >= 0.3 is 0 Å². The van der Waals surface area contributed by atoms with Crippen LogP contribution in [0.4, 0.5) is 0 Å². The third-order valence-corrected chi connectivity index (χ3v) is 3.93. The largest absolute Gasteiger partial charge is 0.122 e. The molecule has 0 spiro atoms. The topological polar surface area (TPSA) is 0 Å². The van der Waals surface area contributed by atoms with Crippen molar-refractivity contribution in [1.82, 2.24) is 0 Å². The normalized spacial score (nSPS) is 14.5. The molecule has 2 rings (SSSR count). The second-order valence-corrected chi connectivity index (χ2v) is 5.40. The zero-order valence-electron chi connectivity index (χ0n) is 10.3. The van der Waals surface area contributed by atoms with Crippen molar-refractivity contribution in [1.29, 1.82) is 0 Å². The summed E-state index contributed by atoms with van der Waals surface area (Å²) in [6.07, 6.45) is 9.20. The lowest BCUT2D eigenvalue weighted by molar-refractivity contribution is 1.03. The summed E-state index contributed by atoms with van der Waals surface area (Å²) < 4.78 is 0. The first kappa shape index (κ1) is 12.3. The van der Waals surface area contributed by atoms with E-state index in [2.05, 4.69) is 49.1 Å². The van der Waals surface area contributed by atoms with Gasteiger partial charge in [0.25, 0.3) is 0 Å². The first-order chi connectivity index (χ1) is 8.25. The average Bonchev–Trinajstić information content (AvgIpc) is 2.38. The molecule has 0 radical (unpaired) electrons. The molecular weight excluding hydrogens is 224 g/mol. The molecule has 0 heterocycles. The number of hydrogen-bond donors (Lipinski definition) is 0. The summed E-state index contributed by atoms with van der Waals surface area (Å²) in [5, 5.41) is 0. The third kappa shape index (κ3) is 3.64. The molecule has 1 aromatic rings. The number of allylic oxidation sites excluding steroid dienone is 4. The second-order valence-electron chi connectivity index (χ2n) is 4.35. The van der Waals surface area contributed by atoms with Crippen LogP contribution in [0.1, 0.15) is 30.9 Å². The fourth-order valence-corrected chi connectivity index (χ4v) is 2.70. The summed E-state index contributed by atoms with van der Waals surface area (Å²) in [4.78, 5) is 1.40. The van der Waals surface area contributed by atoms with E-state index in [1.807, 2.05) is 18.7 Å². The van der Waals surface area contributed by atoms with Gasteiger partial charge in [0, 0.05) is 10.7 Å². The Morgan fingerprint density at radius 1 is 1.24 bits per heavy atom. The summed E-state index contributed by atoms with van der Waals surface area (Å²) in [5.41, 5.74) is 3.73. The Bertz CT molecular complexity index is 449. The van der Waals surface area contributed by atoms with Gasteiger partial charge in [-0.05, 0) is 30.9 Å². The van der Waals surface area contributed by atoms with Gasteiger partial charge in [0.1, 0.15) is 0 Å². The maximum absolute atomic E-state index is 3.95. The monoisotopic (exact) mass is 242 g/mol. The fourth-order valence-electron chi connectivity index (χ4n) is 1.75. The quantitative estimate of drug-likeness (QED) is 0.700. The van der Waals surface area contributed by atoms with E-state index in [1.54, 1.807) is 0 Å². The maximum Gasteiger partial charge on any atom is 0.0231 e. The maximum atomic E-state index is 3.95. The highest BCUT2D eigenvalue weighted by Crippen LogP contribution is 2.26. The molecule has 0 atom stereocenters. The van der Waals surface area contributed by atoms with Crippen molar-refractivity contribution < 1.29 is 0 Å². The summed E-state index contributed by atoms with van der Waals surface area (Å²) in [6.45, 7) is 5.99. The summed E-state index contributed by atoms with van der Waals surface area (Å²) >= 11 is 1.92. The Labute approximate surface area is 108 Å². The Morgan fingerprint density at radius 3 is 2.59 bits per heavy atom. The molecule has 1 heteroatoms. The first-order valence-electron chi connectivity index (χ1n) is 6.00. The molecule has 0 unspecified atom stereocenters. The summed E-state index contributed by atoms with van der Waals surface area (Å²) in [7, 11) is 0. The number of benzene rings is 1. The Balaban J connectivity index is 1.93. The van der Waals surface area contributed by atoms with Crippen molar-refractivity contribution in [3.05, 3.63) is 65.1 Å². The van der Waals surface area contributed by atoms with Crippen molar-refractivity contribution in [2.45, 2.75) is 25.5 Å². The van der Waals surface area contributed by atoms with Gasteiger partial charge in [-0.25, -0.2) is 0 Å². The van der Waals surface area contributed by atoms with E-state index in [0.717, 1.165) is 11.3 Å². The minimum absolute atomic E-state index is 1.05. The van der Waals surface area contributed by atoms with E-state index in [-0.39, 0.29) is 0 Å². The second kappa shape index (κ2) is 5.92. The Kier molecular flexibility index (Phi) is 4.27. The van der Waals surface area contributed by atoms with E-state index in [1.165, 1.54) is 28.9 Å². The number of rotatable bonds is 4. The van der Waals surface area contributed by atoms with Gasteiger partial charge in [-0.3, -0.25) is 0 Å². The molecule has 1 aliphatic rings. The lowest BCUT2D eigenvalue weighted by atomic mass is 10.1. The first-order valence-corrected chi connectivity index (χ1v) is 6.98. The Morgan fingerprint density at radius 2 is 2.00 bits per heavy atom. The van der Waals surface area contributed by atoms with Gasteiger partial charge in [-0.15, -0.1) is 11.8 Å². The van der Waals surface area contributed by atoms with E-state index < -0.39 is 0 Å². The highest BCUT2D eigenvalue weighted by atomic mass is 32.2. The molecule has 0 amide bonds. The van der Waals surface area contributed by atoms with Gasteiger partial charge in [0.15, 0.2) is 0 Å². The molecule has 0 fully saturated rings. The molecular formula is C16H18S. The van der Waals surface area contributed by atoms with Crippen LogP contribution in [-0.4, -0.2) is 0 Å². The third-order valence-electron chi connectivity index (χ3n) is 2.81. The minimum atomic E-state index is 1.05. The lowest BCUT2D eigenvalue weighted by Crippen LogP contribution is -1.85. The smallest absolute Gasteiger partial charge is 0.0231 e. The number of hydrogen-bond acceptors (Lipinski definition) is 1. The zero-order chi connectivity index (χ0) is 12.1. The van der Waals surface area contributed by atoms with Crippen LogP contribution in [0.15, 0.2) is 54.0 Å². The van der Waals surface area contributed by atoms with Crippen molar-refractivity contribution in [2.75, 3.05) is 0 Å². The summed E-state index contributed by atoms with van der Waals surface area (Å²) in [5.74, 6) is 1.05. The molecule has 17 heavy (non-hydrogen) atoms. The van der Waals surface area contributed by atoms with Gasteiger partial charge < -0.3 is 0 Å². The van der Waals surface area contributed by atoms with Gasteiger partial charge in [-0.1, -0.05) is 54.6 Å². The number of thioether (sulfide) groups is 1. The van der Waals surface area contributed by atoms with E-state index in [0.29, 0.717) is 0 Å². The van der Waals surface area contributed by atoms with Crippen molar-refractivity contribution >= 4 is 17.3 Å². The molecule has 1 aliphatic carbocycles. The zero-order valence-corrected chi connectivity index (χ0v) is 11.1. The predicted octanol–water partition coefficient (Wildman–Crippen LogP) is 5.19. The van der Waals surface area contributed by atoms with Crippen molar-refractivity contribution in [2.24, 2.45) is 0 Å².